The third-order valence-corrected chi connectivity index (χ3v) is 4.93. The van der Waals surface area contributed by atoms with Crippen LogP contribution in [0.5, 0.6) is 0 Å². The summed E-state index contributed by atoms with van der Waals surface area (Å²) >= 11 is 0. The second kappa shape index (κ2) is 8.49. The van der Waals surface area contributed by atoms with Gasteiger partial charge in [-0.1, -0.05) is 30.4 Å². The lowest BCUT2D eigenvalue weighted by atomic mass is 9.92. The predicted octanol–water partition coefficient (Wildman–Crippen LogP) is 4.14. The van der Waals surface area contributed by atoms with E-state index in [1.54, 1.807) is 17.0 Å². The first-order chi connectivity index (χ1) is 13.8. The van der Waals surface area contributed by atoms with Crippen LogP contribution in [0.3, 0.4) is 0 Å². The summed E-state index contributed by atoms with van der Waals surface area (Å²) in [7, 11) is 0. The Morgan fingerprint density at radius 1 is 1.17 bits per heavy atom. The number of amides is 3. The number of hydrogen-bond donors (Lipinski definition) is 2. The molecule has 2 aromatic carbocycles. The Hall–Kier alpha value is -3.12. The summed E-state index contributed by atoms with van der Waals surface area (Å²) in [4.78, 5) is 26.2. The topological polar surface area (TPSA) is 70.7 Å². The van der Waals surface area contributed by atoms with Gasteiger partial charge in [-0.2, -0.15) is 0 Å². The van der Waals surface area contributed by atoms with Crippen LogP contribution in [-0.4, -0.2) is 31.7 Å². The minimum Gasteiger partial charge on any atom is -0.370 e. The fourth-order valence-electron chi connectivity index (χ4n) is 3.21. The van der Waals surface area contributed by atoms with Gasteiger partial charge >= 0.3 is 6.03 Å². The molecule has 0 atom stereocenters. The highest BCUT2D eigenvalue weighted by Gasteiger charge is 2.24. The maximum absolute atomic E-state index is 12.5. The van der Waals surface area contributed by atoms with E-state index in [9.17, 15) is 9.59 Å². The van der Waals surface area contributed by atoms with Crippen molar-refractivity contribution in [2.24, 2.45) is 0 Å². The fourth-order valence-corrected chi connectivity index (χ4v) is 3.21. The number of nitrogens with zero attached hydrogens (tertiary/aromatic N) is 1. The fraction of sp³-hybridized carbons (Fsp3) is 0.304. The second-order valence-corrected chi connectivity index (χ2v) is 7.71. The van der Waals surface area contributed by atoms with Crippen molar-refractivity contribution in [3.05, 3.63) is 66.2 Å². The lowest BCUT2D eigenvalue weighted by molar-refractivity contribution is -0.125. The van der Waals surface area contributed by atoms with E-state index in [1.807, 2.05) is 57.2 Å². The van der Waals surface area contributed by atoms with Crippen molar-refractivity contribution in [1.82, 2.24) is 5.32 Å². The molecule has 3 rings (SSSR count). The Labute approximate surface area is 171 Å². The van der Waals surface area contributed by atoms with Crippen LogP contribution in [0.2, 0.25) is 0 Å². The molecule has 1 fully saturated rings. The molecule has 6 nitrogen and oxygen atoms in total. The Kier molecular flexibility index (Phi) is 6.03. The summed E-state index contributed by atoms with van der Waals surface area (Å²) < 4.78 is 5.15. The van der Waals surface area contributed by atoms with Crippen LogP contribution in [0.25, 0.3) is 5.57 Å². The predicted molar refractivity (Wildman–Crippen MR) is 116 cm³/mol. The monoisotopic (exact) mass is 393 g/mol. The van der Waals surface area contributed by atoms with Crippen molar-refractivity contribution >= 4 is 28.9 Å². The van der Waals surface area contributed by atoms with E-state index in [2.05, 4.69) is 17.2 Å². The summed E-state index contributed by atoms with van der Waals surface area (Å²) in [5.41, 5.74) is 3.90. The van der Waals surface area contributed by atoms with Crippen LogP contribution in [-0.2, 0) is 15.1 Å². The van der Waals surface area contributed by atoms with Crippen LogP contribution < -0.4 is 15.5 Å². The number of benzene rings is 2. The number of allylic oxidation sites excluding steroid dienone is 1. The zero-order valence-electron chi connectivity index (χ0n) is 17.1. The molecule has 1 saturated heterocycles. The number of ether oxygens (including phenoxy) is 1. The smallest absolute Gasteiger partial charge is 0.319 e. The van der Waals surface area contributed by atoms with E-state index in [-0.39, 0.29) is 18.5 Å². The van der Waals surface area contributed by atoms with E-state index in [0.717, 1.165) is 22.4 Å². The number of hydrogen-bond acceptors (Lipinski definition) is 3. The molecule has 2 N–H and O–H groups in total. The number of carbonyl (C=O) groups excluding carboxylic acids is 2. The average molecular weight is 393 g/mol. The number of carbonyl (C=O) groups is 2. The summed E-state index contributed by atoms with van der Waals surface area (Å²) in [5, 5.41) is 5.86. The van der Waals surface area contributed by atoms with E-state index in [4.69, 9.17) is 4.74 Å². The Morgan fingerprint density at radius 3 is 2.55 bits per heavy atom. The van der Waals surface area contributed by atoms with Gasteiger partial charge in [-0.15, -0.1) is 0 Å². The highest BCUT2D eigenvalue weighted by atomic mass is 16.5. The highest BCUT2D eigenvalue weighted by Crippen LogP contribution is 2.24. The normalized spacial score (nSPS) is 14.4. The average Bonchev–Trinajstić information content (AvgIpc) is 2.69. The van der Waals surface area contributed by atoms with Crippen LogP contribution in [0, 0.1) is 0 Å². The molecule has 0 radical (unpaired) electrons. The van der Waals surface area contributed by atoms with Gasteiger partial charge in [0.15, 0.2) is 0 Å². The van der Waals surface area contributed by atoms with Crippen molar-refractivity contribution in [1.29, 1.82) is 0 Å². The first kappa shape index (κ1) is 20.6. The minimum atomic E-state index is -0.560. The van der Waals surface area contributed by atoms with Crippen molar-refractivity contribution < 1.29 is 14.3 Å². The number of urea groups is 1. The van der Waals surface area contributed by atoms with Crippen LogP contribution in [0.15, 0.2) is 55.1 Å². The quantitative estimate of drug-likeness (QED) is 0.802. The maximum Gasteiger partial charge on any atom is 0.319 e. The molecule has 152 valence electrons. The first-order valence-corrected chi connectivity index (χ1v) is 9.60. The van der Waals surface area contributed by atoms with Gasteiger partial charge in [0.05, 0.1) is 12.1 Å². The summed E-state index contributed by atoms with van der Waals surface area (Å²) in [5.74, 6) is -0.0616. The standard InChI is InChI=1S/C23H27N3O3/c1-16(2)17-6-5-7-18(14-17)23(3,4)25-22(28)24-19-8-10-20(11-9-19)26-12-13-29-15-21(26)27/h5-11,14H,1,12-13,15H2,2-4H3,(H2,24,25,28). The van der Waals surface area contributed by atoms with Crippen LogP contribution in [0.4, 0.5) is 16.2 Å². The van der Waals surface area contributed by atoms with E-state index in [0.29, 0.717) is 18.8 Å². The molecule has 1 heterocycles. The molecule has 0 spiro atoms. The van der Waals surface area contributed by atoms with Gasteiger partial charge in [0, 0.05) is 17.9 Å². The molecule has 0 bridgehead atoms. The summed E-state index contributed by atoms with van der Waals surface area (Å²) in [6.45, 7) is 11.0. The minimum absolute atomic E-state index is 0.0616. The van der Waals surface area contributed by atoms with Crippen molar-refractivity contribution in [3.8, 4) is 0 Å². The Morgan fingerprint density at radius 2 is 1.90 bits per heavy atom. The van der Waals surface area contributed by atoms with Gasteiger partial charge in [-0.25, -0.2) is 4.79 Å². The SMILES string of the molecule is C=C(C)c1cccc(C(C)(C)NC(=O)Nc2ccc(N3CCOCC3=O)cc2)c1. The molecule has 3 amide bonds. The molecule has 0 saturated carbocycles. The van der Waals surface area contributed by atoms with Gasteiger partial charge < -0.3 is 20.3 Å². The number of anilines is 2. The van der Waals surface area contributed by atoms with Crippen LogP contribution in [0.1, 0.15) is 31.9 Å². The first-order valence-electron chi connectivity index (χ1n) is 9.60. The van der Waals surface area contributed by atoms with E-state index < -0.39 is 5.54 Å². The van der Waals surface area contributed by atoms with Crippen molar-refractivity contribution in [2.75, 3.05) is 30.0 Å². The molecular formula is C23H27N3O3. The molecule has 6 heteroatoms. The van der Waals surface area contributed by atoms with Gasteiger partial charge in [0.25, 0.3) is 5.91 Å². The zero-order valence-corrected chi connectivity index (χ0v) is 17.1. The molecule has 2 aromatic rings. The molecule has 1 aliphatic rings. The molecule has 0 unspecified atom stereocenters. The van der Waals surface area contributed by atoms with Crippen LogP contribution >= 0.6 is 0 Å². The lowest BCUT2D eigenvalue weighted by Gasteiger charge is -2.28. The maximum atomic E-state index is 12.5. The van der Waals surface area contributed by atoms with E-state index in [1.165, 1.54) is 0 Å². The highest BCUT2D eigenvalue weighted by molar-refractivity contribution is 5.95. The number of nitrogens with one attached hydrogen (secondary N) is 2. The molecule has 29 heavy (non-hydrogen) atoms. The molecule has 0 aliphatic carbocycles. The molecular weight excluding hydrogens is 366 g/mol. The molecule has 0 aromatic heterocycles. The third kappa shape index (κ3) is 5.03. The second-order valence-electron chi connectivity index (χ2n) is 7.71. The van der Waals surface area contributed by atoms with Crippen molar-refractivity contribution in [2.45, 2.75) is 26.3 Å². The van der Waals surface area contributed by atoms with Gasteiger partial charge in [-0.05, 0) is 62.2 Å². The van der Waals surface area contributed by atoms with Crippen molar-refractivity contribution in [3.63, 3.8) is 0 Å². The third-order valence-electron chi connectivity index (χ3n) is 4.93. The summed E-state index contributed by atoms with van der Waals surface area (Å²) in [6, 6.07) is 14.9. The largest absolute Gasteiger partial charge is 0.370 e. The Bertz CT molecular complexity index is 919. The zero-order chi connectivity index (χ0) is 21.0. The summed E-state index contributed by atoms with van der Waals surface area (Å²) in [6.07, 6.45) is 0. The number of rotatable bonds is 5. The van der Waals surface area contributed by atoms with E-state index >= 15 is 0 Å². The number of morpholine rings is 1. The Balaban J connectivity index is 1.64. The van der Waals surface area contributed by atoms with Gasteiger partial charge in [0.2, 0.25) is 0 Å². The van der Waals surface area contributed by atoms with Gasteiger partial charge in [-0.3, -0.25) is 4.79 Å². The molecule has 1 aliphatic heterocycles. The van der Waals surface area contributed by atoms with Gasteiger partial charge in [0.1, 0.15) is 6.61 Å². The lowest BCUT2D eigenvalue weighted by Crippen LogP contribution is -2.43.